The fourth-order valence-electron chi connectivity index (χ4n) is 6.84. The molecule has 0 spiro atoms. The molecule has 4 atom stereocenters. The molecule has 2 aliphatic rings. The van der Waals surface area contributed by atoms with Crippen molar-refractivity contribution in [3.8, 4) is 0 Å². The lowest BCUT2D eigenvalue weighted by molar-refractivity contribution is -0.150. The van der Waals surface area contributed by atoms with Gasteiger partial charge in [-0.3, -0.25) is 19.4 Å². The number of hydrogen-bond donors (Lipinski definition) is 2. The second-order valence-corrected chi connectivity index (χ2v) is 12.7. The van der Waals surface area contributed by atoms with Crippen LogP contribution in [-0.2, 0) is 16.0 Å². The molecule has 1 saturated carbocycles. The van der Waals surface area contributed by atoms with Gasteiger partial charge in [-0.15, -0.1) is 0 Å². The van der Waals surface area contributed by atoms with Gasteiger partial charge in [0.25, 0.3) is 0 Å². The van der Waals surface area contributed by atoms with Crippen molar-refractivity contribution < 1.29 is 14.4 Å². The number of Topliss-reactive ketones (excluding diaryl/α,β-unsaturated/α-hetero) is 1. The zero-order valence-electron chi connectivity index (χ0n) is 25.3. The summed E-state index contributed by atoms with van der Waals surface area (Å²) in [6.45, 7) is 3.31. The molecule has 9 heteroatoms. The number of benzene rings is 3. The van der Waals surface area contributed by atoms with Crippen molar-refractivity contribution in [1.82, 2.24) is 9.80 Å². The molecule has 0 radical (unpaired) electrons. The number of carbonyl (C=O) groups excluding carboxylic acids is 3. The van der Waals surface area contributed by atoms with Crippen LogP contribution in [0.2, 0.25) is 5.02 Å². The van der Waals surface area contributed by atoms with E-state index in [9.17, 15) is 14.4 Å². The SMILES string of the molecule is C[C@@H]1CN(C(=O)[C@@H]2CCCC[C@@H]2C(=O)c2ccc(Cl)cc2)[C@@H](CCCN=C(N)N)CN1C(=O)Cc1ccc2ccccc2c1. The van der Waals surface area contributed by atoms with Crippen molar-refractivity contribution in [2.24, 2.45) is 28.3 Å². The number of fused-ring (bicyclic) bond motifs is 1. The standard InChI is InChI=1S/C35H42ClN5O3/c1-23-21-41(34(44)31-11-5-4-10-30(31)33(43)26-14-16-28(36)17-15-26)29(9-6-18-39-35(37)38)22-40(23)32(42)20-24-12-13-25-7-2-3-8-27(25)19-24/h2-3,7-8,12-17,19,23,29-31H,4-6,9-11,18,20-22H2,1H3,(H4,37,38,39)/t23-,29+,30+,31-/m1/s1. The number of carbonyl (C=O) groups is 3. The fourth-order valence-corrected chi connectivity index (χ4v) is 6.97. The molecule has 1 aliphatic heterocycles. The maximum absolute atomic E-state index is 14.3. The second-order valence-electron chi connectivity index (χ2n) is 12.2. The third-order valence-corrected chi connectivity index (χ3v) is 9.40. The van der Waals surface area contributed by atoms with E-state index in [0.29, 0.717) is 62.3 Å². The van der Waals surface area contributed by atoms with Gasteiger partial charge in [-0.1, -0.05) is 66.9 Å². The highest BCUT2D eigenvalue weighted by Gasteiger charge is 2.43. The van der Waals surface area contributed by atoms with Crippen LogP contribution in [0.3, 0.4) is 0 Å². The Hall–Kier alpha value is -3.91. The van der Waals surface area contributed by atoms with Crippen LogP contribution >= 0.6 is 11.6 Å². The highest BCUT2D eigenvalue weighted by Crippen LogP contribution is 2.36. The number of aliphatic imine (C=N–C) groups is 1. The molecule has 8 nitrogen and oxygen atoms in total. The van der Waals surface area contributed by atoms with E-state index < -0.39 is 0 Å². The largest absolute Gasteiger partial charge is 0.370 e. The Balaban J connectivity index is 1.34. The average molecular weight is 616 g/mol. The summed E-state index contributed by atoms with van der Waals surface area (Å²) < 4.78 is 0. The Bertz CT molecular complexity index is 1520. The minimum Gasteiger partial charge on any atom is -0.370 e. The van der Waals surface area contributed by atoms with Crippen molar-refractivity contribution in [3.63, 3.8) is 0 Å². The number of piperazine rings is 1. The van der Waals surface area contributed by atoms with Crippen LogP contribution < -0.4 is 11.5 Å². The van der Waals surface area contributed by atoms with Gasteiger partial charge in [0.2, 0.25) is 11.8 Å². The van der Waals surface area contributed by atoms with E-state index in [0.717, 1.165) is 29.2 Å². The van der Waals surface area contributed by atoms with Crippen molar-refractivity contribution in [1.29, 1.82) is 0 Å². The second kappa shape index (κ2) is 14.2. The van der Waals surface area contributed by atoms with Gasteiger partial charge >= 0.3 is 0 Å². The van der Waals surface area contributed by atoms with E-state index in [2.05, 4.69) is 29.3 Å². The normalized spacial score (nSPS) is 22.0. The Morgan fingerprint density at radius 3 is 2.32 bits per heavy atom. The molecule has 3 aromatic rings. The topological polar surface area (TPSA) is 122 Å². The monoisotopic (exact) mass is 615 g/mol. The van der Waals surface area contributed by atoms with Crippen LogP contribution in [0.25, 0.3) is 10.8 Å². The van der Waals surface area contributed by atoms with Gasteiger partial charge in [-0.05, 0) is 73.2 Å². The van der Waals surface area contributed by atoms with Gasteiger partial charge in [0.15, 0.2) is 11.7 Å². The molecular formula is C35H42ClN5O3. The highest BCUT2D eigenvalue weighted by atomic mass is 35.5. The zero-order chi connectivity index (χ0) is 31.2. The zero-order valence-corrected chi connectivity index (χ0v) is 26.1. The number of hydrogen-bond acceptors (Lipinski definition) is 4. The van der Waals surface area contributed by atoms with Crippen LogP contribution in [0.5, 0.6) is 0 Å². The summed E-state index contributed by atoms with van der Waals surface area (Å²) in [5.74, 6) is -0.670. The molecule has 44 heavy (non-hydrogen) atoms. The Morgan fingerprint density at radius 2 is 1.59 bits per heavy atom. The van der Waals surface area contributed by atoms with Crippen LogP contribution in [0.1, 0.15) is 61.4 Å². The van der Waals surface area contributed by atoms with E-state index >= 15 is 0 Å². The maximum atomic E-state index is 14.3. The quantitative estimate of drug-likeness (QED) is 0.148. The number of guanidine groups is 1. The first-order chi connectivity index (χ1) is 21.2. The summed E-state index contributed by atoms with van der Waals surface area (Å²) in [4.78, 5) is 49.6. The molecule has 2 fully saturated rings. The van der Waals surface area contributed by atoms with Gasteiger partial charge in [-0.25, -0.2) is 0 Å². The lowest BCUT2D eigenvalue weighted by atomic mass is 9.74. The van der Waals surface area contributed by atoms with E-state index in [1.54, 1.807) is 24.3 Å². The Labute approximate surface area is 264 Å². The van der Waals surface area contributed by atoms with Crippen LogP contribution in [0, 0.1) is 11.8 Å². The van der Waals surface area contributed by atoms with Crippen molar-refractivity contribution in [2.45, 2.75) is 64.0 Å². The number of halogens is 1. The first-order valence-electron chi connectivity index (χ1n) is 15.6. The molecule has 1 aliphatic carbocycles. The summed E-state index contributed by atoms with van der Waals surface area (Å²) in [6, 6.07) is 20.8. The molecule has 1 heterocycles. The first-order valence-corrected chi connectivity index (χ1v) is 16.0. The number of amides is 2. The molecule has 0 bridgehead atoms. The first kappa shape index (κ1) is 31.5. The summed E-state index contributed by atoms with van der Waals surface area (Å²) in [7, 11) is 0. The minimum atomic E-state index is -0.390. The maximum Gasteiger partial charge on any atom is 0.227 e. The van der Waals surface area contributed by atoms with Crippen molar-refractivity contribution >= 4 is 45.9 Å². The number of ketones is 1. The minimum absolute atomic E-state index is 0.00118. The molecule has 5 rings (SSSR count). The Morgan fingerprint density at radius 1 is 0.886 bits per heavy atom. The average Bonchev–Trinajstić information content (AvgIpc) is 3.03. The predicted molar refractivity (Wildman–Crippen MR) is 175 cm³/mol. The van der Waals surface area contributed by atoms with Crippen LogP contribution in [0.4, 0.5) is 0 Å². The highest BCUT2D eigenvalue weighted by molar-refractivity contribution is 6.30. The Kier molecular flexibility index (Phi) is 10.2. The predicted octanol–water partition coefficient (Wildman–Crippen LogP) is 5.21. The third-order valence-electron chi connectivity index (χ3n) is 9.15. The lowest BCUT2D eigenvalue weighted by Crippen LogP contribution is -2.62. The van der Waals surface area contributed by atoms with E-state index in [1.165, 1.54) is 0 Å². The van der Waals surface area contributed by atoms with E-state index in [4.69, 9.17) is 23.1 Å². The molecule has 232 valence electrons. The third kappa shape index (κ3) is 7.41. The molecular weight excluding hydrogens is 574 g/mol. The van der Waals surface area contributed by atoms with Crippen molar-refractivity contribution in [2.75, 3.05) is 19.6 Å². The molecule has 2 amide bonds. The summed E-state index contributed by atoms with van der Waals surface area (Å²) >= 11 is 6.06. The van der Waals surface area contributed by atoms with Gasteiger partial charge in [0.1, 0.15) is 0 Å². The molecule has 0 aromatic heterocycles. The van der Waals surface area contributed by atoms with Gasteiger partial charge in [-0.2, -0.15) is 0 Å². The molecule has 3 aromatic carbocycles. The van der Waals surface area contributed by atoms with Gasteiger partial charge < -0.3 is 21.3 Å². The summed E-state index contributed by atoms with van der Waals surface area (Å²) in [5.41, 5.74) is 12.6. The summed E-state index contributed by atoms with van der Waals surface area (Å²) in [5, 5.41) is 2.82. The van der Waals surface area contributed by atoms with Gasteiger partial charge in [0, 0.05) is 54.1 Å². The lowest BCUT2D eigenvalue weighted by Gasteiger charge is -2.47. The molecule has 0 unspecified atom stereocenters. The van der Waals surface area contributed by atoms with Gasteiger partial charge in [0.05, 0.1) is 6.42 Å². The molecule has 1 saturated heterocycles. The number of nitrogens with zero attached hydrogens (tertiary/aromatic N) is 3. The number of nitrogens with two attached hydrogens (primary N) is 2. The molecule has 4 N–H and O–H groups in total. The van der Waals surface area contributed by atoms with Crippen LogP contribution in [-0.4, -0.2) is 65.1 Å². The number of rotatable bonds is 9. The fraction of sp³-hybridized carbons (Fsp3) is 0.429. The van der Waals surface area contributed by atoms with E-state index in [1.807, 2.05) is 34.9 Å². The van der Waals surface area contributed by atoms with Crippen molar-refractivity contribution in [3.05, 3.63) is 82.9 Å². The van der Waals surface area contributed by atoms with E-state index in [-0.39, 0.29) is 47.5 Å². The summed E-state index contributed by atoms with van der Waals surface area (Å²) in [6.07, 6.45) is 4.82. The van der Waals surface area contributed by atoms with Crippen LogP contribution in [0.15, 0.2) is 71.7 Å². The smallest absolute Gasteiger partial charge is 0.227 e.